The van der Waals surface area contributed by atoms with Crippen molar-refractivity contribution < 1.29 is 14.7 Å². The molecule has 1 saturated carbocycles. The fourth-order valence-electron chi connectivity index (χ4n) is 5.80. The van der Waals surface area contributed by atoms with Gasteiger partial charge in [0.1, 0.15) is 0 Å². The standard InChI is InChI=1S/C28H24O3Se/c1-26-18-28(25(30)31,32-21-16-10-5-11-17-21)27(2,24(26)29)23(20-14-8-4-9-15-20)22(26)19-12-6-3-7-13-19/h3-17H,18H2,1-2H3,(H,30,31)/t26?,27?,28-/m1/s1. The number of rotatable bonds is 5. The summed E-state index contributed by atoms with van der Waals surface area (Å²) in [6.45, 7) is 3.84. The van der Waals surface area contributed by atoms with Gasteiger partial charge in [0.05, 0.1) is 0 Å². The summed E-state index contributed by atoms with van der Waals surface area (Å²) < 4.78 is -0.155. The number of aliphatic carboxylic acids is 1. The van der Waals surface area contributed by atoms with Gasteiger partial charge in [-0.25, -0.2) is 0 Å². The maximum atomic E-state index is 14.2. The van der Waals surface area contributed by atoms with E-state index < -0.39 is 36.1 Å². The average Bonchev–Trinajstić information content (AvgIpc) is 3.10. The Morgan fingerprint density at radius 2 is 1.25 bits per heavy atom. The molecule has 0 amide bonds. The molecule has 3 atom stereocenters. The molecule has 4 heteroatoms. The summed E-state index contributed by atoms with van der Waals surface area (Å²) in [7, 11) is 0. The number of carboxylic acids is 1. The van der Waals surface area contributed by atoms with Crippen LogP contribution in [0.15, 0.2) is 91.0 Å². The topological polar surface area (TPSA) is 54.4 Å². The number of carbonyl (C=O) groups excluding carboxylic acids is 1. The van der Waals surface area contributed by atoms with Crippen molar-refractivity contribution in [1.29, 1.82) is 0 Å². The van der Waals surface area contributed by atoms with Crippen molar-refractivity contribution in [2.24, 2.45) is 10.8 Å². The van der Waals surface area contributed by atoms with E-state index in [-0.39, 0.29) is 5.78 Å². The Kier molecular flexibility index (Phi) is 4.77. The Balaban J connectivity index is 1.83. The Bertz CT molecular complexity index is 1240. The van der Waals surface area contributed by atoms with E-state index >= 15 is 0 Å². The van der Waals surface area contributed by atoms with Gasteiger partial charge in [0, 0.05) is 0 Å². The molecule has 0 radical (unpaired) electrons. The van der Waals surface area contributed by atoms with Crippen LogP contribution in [0.4, 0.5) is 0 Å². The number of hydrogen-bond acceptors (Lipinski definition) is 2. The van der Waals surface area contributed by atoms with Crippen LogP contribution in [0.1, 0.15) is 31.4 Å². The Morgan fingerprint density at radius 1 is 0.781 bits per heavy atom. The molecule has 2 bridgehead atoms. The Hall–Kier alpha value is -2.94. The number of Topliss-reactive ketones (excluding diaryl/α,β-unsaturated/α-hetero) is 1. The van der Waals surface area contributed by atoms with Crippen LogP contribution in [0.25, 0.3) is 11.1 Å². The third kappa shape index (κ3) is 2.66. The van der Waals surface area contributed by atoms with Crippen LogP contribution >= 0.6 is 0 Å². The third-order valence-electron chi connectivity index (χ3n) is 7.17. The average molecular weight is 487 g/mol. The van der Waals surface area contributed by atoms with Crippen molar-refractivity contribution in [3.05, 3.63) is 102 Å². The zero-order chi connectivity index (χ0) is 22.6. The van der Waals surface area contributed by atoms with Gasteiger partial charge in [-0.15, -0.1) is 0 Å². The van der Waals surface area contributed by atoms with Crippen molar-refractivity contribution in [3.63, 3.8) is 0 Å². The zero-order valence-electron chi connectivity index (χ0n) is 18.0. The first kappa shape index (κ1) is 20.9. The van der Waals surface area contributed by atoms with Gasteiger partial charge in [-0.05, 0) is 0 Å². The molecule has 0 spiro atoms. The summed E-state index contributed by atoms with van der Waals surface area (Å²) >= 11 is -0.426. The molecule has 0 aromatic heterocycles. The van der Waals surface area contributed by atoms with Gasteiger partial charge in [0.15, 0.2) is 0 Å². The van der Waals surface area contributed by atoms with Crippen molar-refractivity contribution in [2.45, 2.75) is 24.6 Å². The van der Waals surface area contributed by atoms with Crippen LogP contribution in [-0.2, 0) is 9.59 Å². The van der Waals surface area contributed by atoms with E-state index in [0.29, 0.717) is 6.42 Å². The second-order valence-electron chi connectivity index (χ2n) is 8.99. The molecule has 2 aliphatic rings. The maximum absolute atomic E-state index is 14.2. The van der Waals surface area contributed by atoms with E-state index in [4.69, 9.17) is 0 Å². The molecule has 3 aromatic rings. The molecular weight excluding hydrogens is 463 g/mol. The quantitative estimate of drug-likeness (QED) is 0.523. The van der Waals surface area contributed by atoms with Crippen molar-refractivity contribution in [2.75, 3.05) is 0 Å². The summed E-state index contributed by atoms with van der Waals surface area (Å²) in [4.78, 5) is 27.3. The Labute approximate surface area is 194 Å². The fraction of sp³-hybridized carbons (Fsp3) is 0.214. The van der Waals surface area contributed by atoms with Crippen LogP contribution < -0.4 is 4.46 Å². The minimum atomic E-state index is -1.16. The summed E-state index contributed by atoms with van der Waals surface area (Å²) in [6, 6.07) is 29.6. The molecule has 1 fully saturated rings. The van der Waals surface area contributed by atoms with E-state index in [9.17, 15) is 14.7 Å². The van der Waals surface area contributed by atoms with Gasteiger partial charge in [-0.2, -0.15) is 0 Å². The number of carboxylic acid groups (broad SMARTS) is 1. The molecule has 2 aliphatic carbocycles. The molecule has 160 valence electrons. The van der Waals surface area contributed by atoms with Gasteiger partial charge in [-0.3, -0.25) is 0 Å². The van der Waals surface area contributed by atoms with Gasteiger partial charge in [-0.1, -0.05) is 0 Å². The second-order valence-corrected chi connectivity index (χ2v) is 11.9. The van der Waals surface area contributed by atoms with Crippen LogP contribution in [0.5, 0.6) is 0 Å². The molecule has 5 rings (SSSR count). The van der Waals surface area contributed by atoms with E-state index in [1.807, 2.05) is 105 Å². The van der Waals surface area contributed by atoms with Gasteiger partial charge < -0.3 is 0 Å². The van der Waals surface area contributed by atoms with E-state index in [2.05, 4.69) is 0 Å². The molecule has 0 aliphatic heterocycles. The van der Waals surface area contributed by atoms with E-state index in [1.165, 1.54) is 0 Å². The van der Waals surface area contributed by atoms with Gasteiger partial charge in [0.2, 0.25) is 0 Å². The first-order valence-electron chi connectivity index (χ1n) is 10.7. The van der Waals surface area contributed by atoms with Crippen molar-refractivity contribution in [1.82, 2.24) is 0 Å². The number of carbonyl (C=O) groups is 2. The van der Waals surface area contributed by atoms with Crippen LogP contribution in [0, 0.1) is 10.8 Å². The molecule has 1 N–H and O–H groups in total. The van der Waals surface area contributed by atoms with Crippen LogP contribution in [0.2, 0.25) is 4.31 Å². The van der Waals surface area contributed by atoms with Gasteiger partial charge in [0.25, 0.3) is 0 Å². The van der Waals surface area contributed by atoms with Crippen molar-refractivity contribution >= 4 is 42.3 Å². The number of benzene rings is 3. The fourth-order valence-corrected chi connectivity index (χ4v) is 9.04. The molecule has 0 heterocycles. The molecule has 3 aromatic carbocycles. The first-order chi connectivity index (χ1) is 15.3. The SMILES string of the molecule is CC12C[C@@]([Se]c3ccccc3)(C(=O)O)C(C)(C1=O)C(c1ccccc1)=C2c1ccccc1. The van der Waals surface area contributed by atoms with Crippen LogP contribution in [-0.4, -0.2) is 31.8 Å². The summed E-state index contributed by atoms with van der Waals surface area (Å²) in [5.41, 5.74) is 1.82. The third-order valence-corrected chi connectivity index (χ3v) is 10.5. The Morgan fingerprint density at radius 3 is 1.75 bits per heavy atom. The number of fused-ring (bicyclic) bond motifs is 2. The van der Waals surface area contributed by atoms with Crippen molar-refractivity contribution in [3.8, 4) is 0 Å². The van der Waals surface area contributed by atoms with E-state index in [1.54, 1.807) is 0 Å². The predicted molar refractivity (Wildman–Crippen MR) is 128 cm³/mol. The number of allylic oxidation sites excluding steroid dienone is 2. The number of hydrogen-bond donors (Lipinski definition) is 1. The summed E-state index contributed by atoms with van der Waals surface area (Å²) in [5, 5.41) is 10.7. The zero-order valence-corrected chi connectivity index (χ0v) is 19.8. The monoisotopic (exact) mass is 488 g/mol. The van der Waals surface area contributed by atoms with E-state index in [0.717, 1.165) is 26.7 Å². The molecule has 2 unspecified atom stereocenters. The molecule has 3 nitrogen and oxygen atoms in total. The normalized spacial score (nSPS) is 28.9. The molecule has 0 saturated heterocycles. The summed E-state index contributed by atoms with van der Waals surface area (Å²) in [5.74, 6) is -0.843. The molecular formula is C28H24O3Se. The minimum absolute atomic E-state index is 0.0305. The van der Waals surface area contributed by atoms with Gasteiger partial charge >= 0.3 is 195 Å². The van der Waals surface area contributed by atoms with Crippen LogP contribution in [0.3, 0.4) is 0 Å². The first-order valence-corrected chi connectivity index (χ1v) is 12.4. The number of ketones is 1. The predicted octanol–water partition coefficient (Wildman–Crippen LogP) is 4.87. The summed E-state index contributed by atoms with van der Waals surface area (Å²) in [6.07, 6.45) is 0.320. The molecule has 32 heavy (non-hydrogen) atoms. The second kappa shape index (κ2) is 7.30.